The van der Waals surface area contributed by atoms with E-state index in [1.807, 2.05) is 12.3 Å². The molecule has 0 amide bonds. The van der Waals surface area contributed by atoms with E-state index < -0.39 is 16.6 Å². The summed E-state index contributed by atoms with van der Waals surface area (Å²) in [6.45, 7) is 0. The van der Waals surface area contributed by atoms with E-state index in [0.717, 1.165) is 41.1 Å². The Labute approximate surface area is 143 Å². The summed E-state index contributed by atoms with van der Waals surface area (Å²) in [6.07, 6.45) is 5.19. The lowest BCUT2D eigenvalue weighted by atomic mass is 9.90. The smallest absolute Gasteiger partial charge is 0.337 e. The van der Waals surface area contributed by atoms with E-state index >= 15 is 0 Å². The minimum atomic E-state index is -2.45. The number of aromatic carboxylic acids is 1. The van der Waals surface area contributed by atoms with E-state index in [1.165, 1.54) is 0 Å². The number of hydrogen-bond acceptors (Lipinski definition) is 3. The SMILES string of the molecule is O=C(O)c1cc(Br)cc2c([C@@H]3C[C@H]4CC[C@@H](C3)S4(O)O)c[nH]c12. The van der Waals surface area contributed by atoms with E-state index in [0.29, 0.717) is 5.52 Å². The standard InChI is InChI=1S/C16H18BrNO4S/c17-9-5-12-14(7-18-15(12)13(6-9)16(19)20)8-3-10-1-2-11(4-8)23(10,21)22/h5-8,10-11,18,21-22H,1-4H2,(H,19,20)/t8-,10-,11+. The molecule has 0 spiro atoms. The number of fused-ring (bicyclic) bond motifs is 3. The molecule has 5 nitrogen and oxygen atoms in total. The van der Waals surface area contributed by atoms with Gasteiger partial charge in [0.25, 0.3) is 0 Å². The van der Waals surface area contributed by atoms with Gasteiger partial charge in [-0.3, -0.25) is 9.11 Å². The van der Waals surface area contributed by atoms with Gasteiger partial charge in [0.05, 0.1) is 11.1 Å². The van der Waals surface area contributed by atoms with Gasteiger partial charge in [0, 0.05) is 26.6 Å². The Kier molecular flexibility index (Phi) is 3.53. The third kappa shape index (κ3) is 2.33. The number of nitrogens with one attached hydrogen (secondary N) is 1. The highest BCUT2D eigenvalue weighted by molar-refractivity contribution is 9.10. The largest absolute Gasteiger partial charge is 0.478 e. The molecule has 2 aliphatic heterocycles. The van der Waals surface area contributed by atoms with E-state index in [-0.39, 0.29) is 22.0 Å². The molecule has 2 aromatic rings. The van der Waals surface area contributed by atoms with Gasteiger partial charge in [0.15, 0.2) is 0 Å². The average Bonchev–Trinajstić information content (AvgIpc) is 2.90. The number of rotatable bonds is 2. The summed E-state index contributed by atoms with van der Waals surface area (Å²) in [5.41, 5.74) is 1.99. The Morgan fingerprint density at radius 3 is 2.48 bits per heavy atom. The second kappa shape index (κ2) is 5.24. The van der Waals surface area contributed by atoms with E-state index in [4.69, 9.17) is 0 Å². The molecule has 0 saturated carbocycles. The van der Waals surface area contributed by atoms with Crippen LogP contribution in [0.5, 0.6) is 0 Å². The molecule has 23 heavy (non-hydrogen) atoms. The van der Waals surface area contributed by atoms with Crippen molar-refractivity contribution in [3.63, 3.8) is 0 Å². The lowest BCUT2D eigenvalue weighted by molar-refractivity contribution is 0.0698. The maximum Gasteiger partial charge on any atom is 0.337 e. The normalized spacial score (nSPS) is 30.5. The van der Waals surface area contributed by atoms with Gasteiger partial charge < -0.3 is 10.1 Å². The molecule has 2 aliphatic rings. The third-order valence-electron chi connectivity index (χ3n) is 5.34. The number of H-pyrrole nitrogens is 1. The second-order valence-electron chi connectivity index (χ2n) is 6.55. The van der Waals surface area contributed by atoms with Crippen LogP contribution in [0, 0.1) is 0 Å². The molecule has 1 aromatic heterocycles. The third-order valence-corrected chi connectivity index (χ3v) is 8.62. The van der Waals surface area contributed by atoms with E-state index in [9.17, 15) is 19.0 Å². The number of carboxylic acid groups (broad SMARTS) is 1. The van der Waals surface area contributed by atoms with Crippen LogP contribution in [0.15, 0.2) is 22.8 Å². The zero-order valence-corrected chi connectivity index (χ0v) is 14.7. The van der Waals surface area contributed by atoms with Crippen molar-refractivity contribution < 1.29 is 19.0 Å². The molecule has 4 rings (SSSR count). The van der Waals surface area contributed by atoms with Crippen molar-refractivity contribution in [3.05, 3.63) is 33.9 Å². The number of aromatic nitrogens is 1. The van der Waals surface area contributed by atoms with Crippen molar-refractivity contribution in [1.29, 1.82) is 0 Å². The molecule has 3 heterocycles. The van der Waals surface area contributed by atoms with Gasteiger partial charge in [-0.1, -0.05) is 15.9 Å². The lowest BCUT2D eigenvalue weighted by Crippen LogP contribution is -2.28. The molecule has 2 fully saturated rings. The first-order valence-electron chi connectivity index (χ1n) is 7.67. The van der Waals surface area contributed by atoms with Crippen molar-refractivity contribution in [3.8, 4) is 0 Å². The first-order chi connectivity index (χ1) is 10.9. The van der Waals surface area contributed by atoms with Gasteiger partial charge in [-0.15, -0.1) is 0 Å². The highest BCUT2D eigenvalue weighted by Crippen LogP contribution is 2.66. The fourth-order valence-electron chi connectivity index (χ4n) is 4.22. The van der Waals surface area contributed by atoms with Gasteiger partial charge in [-0.2, -0.15) is 10.6 Å². The summed E-state index contributed by atoms with van der Waals surface area (Å²) in [5, 5.41) is 10.3. The molecular weight excluding hydrogens is 382 g/mol. The number of benzene rings is 1. The van der Waals surface area contributed by atoms with Crippen LogP contribution >= 0.6 is 26.5 Å². The first kappa shape index (κ1) is 15.5. The molecule has 124 valence electrons. The first-order valence-corrected chi connectivity index (χ1v) is 10.1. The van der Waals surface area contributed by atoms with Crippen LogP contribution in [0.2, 0.25) is 0 Å². The molecule has 0 unspecified atom stereocenters. The van der Waals surface area contributed by atoms with Crippen molar-refractivity contribution in [2.75, 3.05) is 0 Å². The highest BCUT2D eigenvalue weighted by Gasteiger charge is 2.47. The molecule has 2 saturated heterocycles. The predicted molar refractivity (Wildman–Crippen MR) is 94.6 cm³/mol. The van der Waals surface area contributed by atoms with Crippen molar-refractivity contribution in [1.82, 2.24) is 4.98 Å². The monoisotopic (exact) mass is 399 g/mol. The number of carboxylic acids is 1. The van der Waals surface area contributed by atoms with Gasteiger partial charge in [0.2, 0.25) is 0 Å². The van der Waals surface area contributed by atoms with Crippen LogP contribution < -0.4 is 0 Å². The molecular formula is C16H18BrNO4S. The summed E-state index contributed by atoms with van der Waals surface area (Å²) in [7, 11) is -2.45. The number of aromatic amines is 1. The zero-order valence-electron chi connectivity index (χ0n) is 12.3. The average molecular weight is 400 g/mol. The molecule has 4 N–H and O–H groups in total. The summed E-state index contributed by atoms with van der Waals surface area (Å²) < 4.78 is 21.4. The topological polar surface area (TPSA) is 93.6 Å². The lowest BCUT2D eigenvalue weighted by Gasteiger charge is -2.46. The molecule has 3 atom stereocenters. The molecule has 0 aliphatic carbocycles. The number of carbonyl (C=O) groups is 1. The summed E-state index contributed by atoms with van der Waals surface area (Å²) >= 11 is 3.40. The molecule has 2 bridgehead atoms. The summed E-state index contributed by atoms with van der Waals surface area (Å²) in [6, 6.07) is 3.55. The summed E-state index contributed by atoms with van der Waals surface area (Å²) in [4.78, 5) is 14.6. The Bertz CT molecular complexity index is 787. The Morgan fingerprint density at radius 2 is 1.87 bits per heavy atom. The molecule has 1 aromatic carbocycles. The van der Waals surface area contributed by atoms with Crippen molar-refractivity contribution in [2.45, 2.75) is 42.1 Å². The van der Waals surface area contributed by atoms with Crippen molar-refractivity contribution in [2.24, 2.45) is 0 Å². The molecule has 7 heteroatoms. The van der Waals surface area contributed by atoms with Crippen LogP contribution in [0.4, 0.5) is 0 Å². The van der Waals surface area contributed by atoms with Gasteiger partial charge >= 0.3 is 5.97 Å². The second-order valence-corrected chi connectivity index (χ2v) is 10.1. The number of hydrogen-bond donors (Lipinski definition) is 4. The quantitative estimate of drug-likeness (QED) is 0.583. The van der Waals surface area contributed by atoms with E-state index in [1.54, 1.807) is 6.07 Å². The van der Waals surface area contributed by atoms with Gasteiger partial charge in [-0.25, -0.2) is 4.79 Å². The number of halogens is 1. The van der Waals surface area contributed by atoms with Crippen LogP contribution in [0.1, 0.15) is 47.5 Å². The van der Waals surface area contributed by atoms with Gasteiger partial charge in [0.1, 0.15) is 0 Å². The van der Waals surface area contributed by atoms with Crippen LogP contribution in [0.3, 0.4) is 0 Å². The van der Waals surface area contributed by atoms with Crippen molar-refractivity contribution >= 4 is 43.4 Å². The van der Waals surface area contributed by atoms with Crippen LogP contribution in [-0.2, 0) is 0 Å². The van der Waals surface area contributed by atoms with E-state index in [2.05, 4.69) is 20.9 Å². The molecule has 0 radical (unpaired) electrons. The summed E-state index contributed by atoms with van der Waals surface area (Å²) in [5.74, 6) is -0.709. The van der Waals surface area contributed by atoms with Crippen LogP contribution in [0.25, 0.3) is 10.9 Å². The fraction of sp³-hybridized carbons (Fsp3) is 0.438. The Balaban J connectivity index is 1.78. The Morgan fingerprint density at radius 1 is 1.22 bits per heavy atom. The van der Waals surface area contributed by atoms with Crippen LogP contribution in [-0.4, -0.2) is 35.7 Å². The maximum absolute atomic E-state index is 11.4. The van der Waals surface area contributed by atoms with Gasteiger partial charge in [-0.05, 0) is 49.3 Å². The minimum absolute atomic E-state index is 0.0118. The minimum Gasteiger partial charge on any atom is -0.478 e. The predicted octanol–water partition coefficient (Wildman–Crippen LogP) is 4.79. The highest BCUT2D eigenvalue weighted by atomic mass is 79.9. The Hall–Kier alpha value is -1.02. The fourth-order valence-corrected chi connectivity index (χ4v) is 7.22. The zero-order chi connectivity index (χ0) is 16.4. The maximum atomic E-state index is 11.4.